The standard InChI is InChI=1S/C16H10ClFN4/c17-12-2-1-3-14(9-12)22-16(15(10-19)20-21-22)8-11-4-6-13(18)7-5-11/h1-7,9H,8H2. The molecule has 0 saturated heterocycles. The number of benzene rings is 2. The Balaban J connectivity index is 2.04. The Kier molecular flexibility index (Phi) is 3.86. The lowest BCUT2D eigenvalue weighted by molar-refractivity contribution is 0.627. The number of rotatable bonds is 3. The van der Waals surface area contributed by atoms with E-state index < -0.39 is 0 Å². The van der Waals surface area contributed by atoms with Crippen LogP contribution in [0.3, 0.4) is 0 Å². The van der Waals surface area contributed by atoms with E-state index in [2.05, 4.69) is 10.3 Å². The fraction of sp³-hybridized carbons (Fsp3) is 0.0625. The molecule has 1 heterocycles. The van der Waals surface area contributed by atoms with Gasteiger partial charge in [0.2, 0.25) is 0 Å². The van der Waals surface area contributed by atoms with Gasteiger partial charge in [-0.25, -0.2) is 9.07 Å². The van der Waals surface area contributed by atoms with Crippen molar-refractivity contribution in [2.45, 2.75) is 6.42 Å². The number of nitrogens with zero attached hydrogens (tertiary/aromatic N) is 4. The van der Waals surface area contributed by atoms with Gasteiger partial charge in [0.1, 0.15) is 11.9 Å². The van der Waals surface area contributed by atoms with Gasteiger partial charge >= 0.3 is 0 Å². The zero-order valence-electron chi connectivity index (χ0n) is 11.4. The molecule has 0 saturated carbocycles. The Hall–Kier alpha value is -2.71. The van der Waals surface area contributed by atoms with E-state index in [9.17, 15) is 9.65 Å². The molecule has 22 heavy (non-hydrogen) atoms. The highest BCUT2D eigenvalue weighted by atomic mass is 35.5. The SMILES string of the molecule is N#Cc1nnn(-c2cccc(Cl)c2)c1Cc1ccc(F)cc1. The van der Waals surface area contributed by atoms with Gasteiger partial charge in [-0.1, -0.05) is 35.0 Å². The summed E-state index contributed by atoms with van der Waals surface area (Å²) in [4.78, 5) is 0. The number of hydrogen-bond acceptors (Lipinski definition) is 3. The minimum Gasteiger partial charge on any atom is -0.216 e. The maximum absolute atomic E-state index is 13.0. The zero-order valence-corrected chi connectivity index (χ0v) is 12.1. The second kappa shape index (κ2) is 5.96. The highest BCUT2D eigenvalue weighted by molar-refractivity contribution is 6.30. The maximum atomic E-state index is 13.0. The number of halogens is 2. The summed E-state index contributed by atoms with van der Waals surface area (Å²) >= 11 is 6.00. The molecular formula is C16H10ClFN4. The summed E-state index contributed by atoms with van der Waals surface area (Å²) in [6, 6.07) is 15.3. The average molecular weight is 313 g/mol. The van der Waals surface area contributed by atoms with Gasteiger partial charge in [0.05, 0.1) is 11.4 Å². The Labute approximate surface area is 131 Å². The van der Waals surface area contributed by atoms with Gasteiger partial charge in [-0.2, -0.15) is 5.26 Å². The molecule has 0 unspecified atom stereocenters. The Bertz CT molecular complexity index is 849. The second-order valence-corrected chi connectivity index (χ2v) is 5.13. The van der Waals surface area contributed by atoms with Crippen LogP contribution < -0.4 is 0 Å². The summed E-state index contributed by atoms with van der Waals surface area (Å²) in [5.74, 6) is -0.300. The molecule has 6 heteroatoms. The van der Waals surface area contributed by atoms with Crippen LogP contribution in [0.5, 0.6) is 0 Å². The zero-order chi connectivity index (χ0) is 15.5. The molecule has 0 aliphatic carbocycles. The largest absolute Gasteiger partial charge is 0.216 e. The molecule has 4 nitrogen and oxygen atoms in total. The molecule has 0 N–H and O–H groups in total. The molecular weight excluding hydrogens is 303 g/mol. The normalized spacial score (nSPS) is 10.4. The fourth-order valence-corrected chi connectivity index (χ4v) is 2.34. The van der Waals surface area contributed by atoms with Crippen LogP contribution in [-0.4, -0.2) is 15.0 Å². The van der Waals surface area contributed by atoms with Gasteiger partial charge in [0, 0.05) is 11.4 Å². The Morgan fingerprint density at radius 3 is 2.64 bits per heavy atom. The first-order valence-electron chi connectivity index (χ1n) is 6.52. The lowest BCUT2D eigenvalue weighted by Crippen LogP contribution is -2.04. The van der Waals surface area contributed by atoms with E-state index in [0.717, 1.165) is 11.3 Å². The molecule has 3 aromatic rings. The predicted molar refractivity (Wildman–Crippen MR) is 80.3 cm³/mol. The molecule has 1 aromatic heterocycles. The van der Waals surface area contributed by atoms with Crippen molar-refractivity contribution in [2.24, 2.45) is 0 Å². The number of aromatic nitrogens is 3. The van der Waals surface area contributed by atoms with E-state index in [-0.39, 0.29) is 11.5 Å². The van der Waals surface area contributed by atoms with Gasteiger partial charge in [0.15, 0.2) is 5.69 Å². The van der Waals surface area contributed by atoms with Crippen LogP contribution in [0.15, 0.2) is 48.5 Å². The molecule has 0 atom stereocenters. The van der Waals surface area contributed by atoms with Crippen LogP contribution in [0.1, 0.15) is 17.0 Å². The molecule has 0 fully saturated rings. The van der Waals surface area contributed by atoms with Crippen LogP contribution in [0.4, 0.5) is 4.39 Å². The summed E-state index contributed by atoms with van der Waals surface area (Å²) in [6.07, 6.45) is 0.419. The lowest BCUT2D eigenvalue weighted by Gasteiger charge is -2.07. The van der Waals surface area contributed by atoms with Crippen LogP contribution >= 0.6 is 11.6 Å². The predicted octanol–water partition coefficient (Wildman–Crippen LogP) is 3.52. The molecule has 0 bridgehead atoms. The summed E-state index contributed by atoms with van der Waals surface area (Å²) < 4.78 is 14.6. The minimum absolute atomic E-state index is 0.240. The van der Waals surface area contributed by atoms with Crippen LogP contribution in [0.25, 0.3) is 5.69 Å². The third kappa shape index (κ3) is 2.83. The van der Waals surface area contributed by atoms with Gasteiger partial charge < -0.3 is 0 Å². The van der Waals surface area contributed by atoms with Crippen molar-refractivity contribution in [3.8, 4) is 11.8 Å². The number of hydrogen-bond donors (Lipinski definition) is 0. The average Bonchev–Trinajstić information content (AvgIpc) is 2.92. The lowest BCUT2D eigenvalue weighted by atomic mass is 10.1. The fourth-order valence-electron chi connectivity index (χ4n) is 2.16. The van der Waals surface area contributed by atoms with E-state index in [4.69, 9.17) is 11.6 Å². The smallest absolute Gasteiger partial charge is 0.186 e. The summed E-state index contributed by atoms with van der Waals surface area (Å²) in [5, 5.41) is 17.7. The highest BCUT2D eigenvalue weighted by Gasteiger charge is 2.15. The molecule has 2 aromatic carbocycles. The van der Waals surface area contributed by atoms with Crippen LogP contribution in [0.2, 0.25) is 5.02 Å². The van der Waals surface area contributed by atoms with E-state index >= 15 is 0 Å². The van der Waals surface area contributed by atoms with Gasteiger partial charge in [0.25, 0.3) is 0 Å². The van der Waals surface area contributed by atoms with Crippen molar-refractivity contribution in [1.82, 2.24) is 15.0 Å². The van der Waals surface area contributed by atoms with Gasteiger partial charge in [-0.3, -0.25) is 0 Å². The summed E-state index contributed by atoms with van der Waals surface area (Å²) in [6.45, 7) is 0. The Morgan fingerprint density at radius 2 is 1.95 bits per heavy atom. The van der Waals surface area contributed by atoms with E-state index in [1.165, 1.54) is 12.1 Å². The minimum atomic E-state index is -0.300. The van der Waals surface area contributed by atoms with Crippen molar-refractivity contribution >= 4 is 11.6 Å². The quantitative estimate of drug-likeness (QED) is 0.743. The third-order valence-corrected chi connectivity index (χ3v) is 3.44. The van der Waals surface area contributed by atoms with E-state index in [1.54, 1.807) is 35.0 Å². The summed E-state index contributed by atoms with van der Waals surface area (Å²) in [7, 11) is 0. The van der Waals surface area contributed by atoms with Gasteiger partial charge in [-0.05, 0) is 35.9 Å². The molecule has 0 radical (unpaired) electrons. The molecule has 3 rings (SSSR count). The molecule has 0 aliphatic heterocycles. The highest BCUT2D eigenvalue weighted by Crippen LogP contribution is 2.19. The first-order valence-corrected chi connectivity index (χ1v) is 6.90. The van der Waals surface area contributed by atoms with Crippen molar-refractivity contribution < 1.29 is 4.39 Å². The summed E-state index contributed by atoms with van der Waals surface area (Å²) in [5.41, 5.74) is 2.46. The molecule has 0 amide bonds. The van der Waals surface area contributed by atoms with Gasteiger partial charge in [-0.15, -0.1) is 5.10 Å². The van der Waals surface area contributed by atoms with Crippen LogP contribution in [-0.2, 0) is 6.42 Å². The van der Waals surface area contributed by atoms with Crippen LogP contribution in [0, 0.1) is 17.1 Å². The Morgan fingerprint density at radius 1 is 1.18 bits per heavy atom. The first-order chi connectivity index (χ1) is 10.7. The molecule has 0 aliphatic rings. The maximum Gasteiger partial charge on any atom is 0.186 e. The first kappa shape index (κ1) is 14.2. The number of nitriles is 1. The van der Waals surface area contributed by atoms with E-state index in [0.29, 0.717) is 17.1 Å². The van der Waals surface area contributed by atoms with Crippen molar-refractivity contribution in [1.29, 1.82) is 5.26 Å². The van der Waals surface area contributed by atoms with Crippen molar-refractivity contribution in [3.05, 3.63) is 76.3 Å². The monoisotopic (exact) mass is 312 g/mol. The third-order valence-electron chi connectivity index (χ3n) is 3.21. The van der Waals surface area contributed by atoms with Crippen molar-refractivity contribution in [2.75, 3.05) is 0 Å². The second-order valence-electron chi connectivity index (χ2n) is 4.69. The topological polar surface area (TPSA) is 54.5 Å². The van der Waals surface area contributed by atoms with E-state index in [1.807, 2.05) is 12.1 Å². The molecule has 0 spiro atoms. The van der Waals surface area contributed by atoms with Crippen molar-refractivity contribution in [3.63, 3.8) is 0 Å². The molecule has 108 valence electrons.